The number of H-pyrrole nitrogens is 1. The normalized spacial score (nSPS) is 16.3. The number of aromatic nitrogens is 4. The number of nitrogens with one attached hydrogen (secondary N) is 2. The molecule has 1 aliphatic rings. The number of likely N-dealkylation sites (tertiary alicyclic amines) is 1. The molecule has 0 aliphatic carbocycles. The molecule has 1 unspecified atom stereocenters. The molecule has 176 valence electrons. The van der Waals surface area contributed by atoms with Gasteiger partial charge < -0.3 is 4.90 Å². The van der Waals surface area contributed by atoms with Crippen molar-refractivity contribution in [3.63, 3.8) is 0 Å². The average Bonchev–Trinajstić information content (AvgIpc) is 3.53. The molecule has 1 atom stereocenters. The van der Waals surface area contributed by atoms with Gasteiger partial charge in [0.15, 0.2) is 11.3 Å². The number of fused-ring (bicyclic) bond motifs is 1. The molecule has 1 saturated heterocycles. The van der Waals surface area contributed by atoms with E-state index >= 15 is 0 Å². The molecule has 1 fully saturated rings. The Kier molecular flexibility index (Phi) is 5.53. The molecule has 0 spiro atoms. The second kappa shape index (κ2) is 8.41. The number of pyridine rings is 1. The van der Waals surface area contributed by atoms with Gasteiger partial charge in [-0.1, -0.05) is 23.7 Å². The van der Waals surface area contributed by atoms with E-state index in [-0.39, 0.29) is 39.8 Å². The summed E-state index contributed by atoms with van der Waals surface area (Å²) in [4.78, 5) is 19.4. The van der Waals surface area contributed by atoms with Crippen molar-refractivity contribution in [2.75, 3.05) is 24.1 Å². The molecule has 12 heteroatoms. The Balaban J connectivity index is 1.52. The summed E-state index contributed by atoms with van der Waals surface area (Å²) in [5.41, 5.74) is 2.56. The number of amides is 1. The number of benzene rings is 1. The number of halogens is 2. The van der Waals surface area contributed by atoms with Crippen molar-refractivity contribution in [1.29, 1.82) is 0 Å². The third-order valence-electron chi connectivity index (χ3n) is 5.79. The van der Waals surface area contributed by atoms with Crippen molar-refractivity contribution in [2.24, 2.45) is 0 Å². The van der Waals surface area contributed by atoms with Gasteiger partial charge in [-0.3, -0.25) is 19.0 Å². The third kappa shape index (κ3) is 4.24. The Morgan fingerprint density at radius 3 is 2.82 bits per heavy atom. The first-order valence-corrected chi connectivity index (χ1v) is 12.7. The van der Waals surface area contributed by atoms with E-state index in [1.54, 1.807) is 35.6 Å². The molecule has 5 rings (SSSR count). The van der Waals surface area contributed by atoms with Crippen LogP contribution < -0.4 is 4.72 Å². The average molecular weight is 503 g/mol. The summed E-state index contributed by atoms with van der Waals surface area (Å²) in [6.07, 6.45) is 6.62. The van der Waals surface area contributed by atoms with Crippen LogP contribution in [0.25, 0.3) is 16.8 Å². The van der Waals surface area contributed by atoms with Gasteiger partial charge in [0, 0.05) is 42.5 Å². The number of imidazole rings is 1. The van der Waals surface area contributed by atoms with Crippen LogP contribution in [0.1, 0.15) is 28.4 Å². The van der Waals surface area contributed by atoms with Crippen molar-refractivity contribution >= 4 is 38.9 Å². The second-order valence-electron chi connectivity index (χ2n) is 8.24. The Hall–Kier alpha value is -3.44. The van der Waals surface area contributed by atoms with Crippen molar-refractivity contribution in [1.82, 2.24) is 24.5 Å². The van der Waals surface area contributed by atoms with Crippen LogP contribution in [0.2, 0.25) is 5.15 Å². The third-order valence-corrected chi connectivity index (χ3v) is 6.74. The second-order valence-corrected chi connectivity index (χ2v) is 10.3. The fraction of sp³-hybridized carbons (Fsp3) is 0.227. The first kappa shape index (κ1) is 22.4. The van der Waals surface area contributed by atoms with E-state index in [0.717, 1.165) is 11.8 Å². The van der Waals surface area contributed by atoms with Crippen molar-refractivity contribution in [3.8, 4) is 11.1 Å². The Morgan fingerprint density at radius 1 is 1.29 bits per heavy atom. The lowest BCUT2D eigenvalue weighted by atomic mass is 9.98. The molecule has 3 aromatic heterocycles. The van der Waals surface area contributed by atoms with Gasteiger partial charge in [0.05, 0.1) is 18.1 Å². The monoisotopic (exact) mass is 502 g/mol. The minimum absolute atomic E-state index is 0.00520. The Morgan fingerprint density at radius 2 is 2.12 bits per heavy atom. The fourth-order valence-electron chi connectivity index (χ4n) is 4.22. The lowest BCUT2D eigenvalue weighted by molar-refractivity contribution is 0.0786. The van der Waals surface area contributed by atoms with Gasteiger partial charge in [0.1, 0.15) is 11.0 Å². The summed E-state index contributed by atoms with van der Waals surface area (Å²) in [6, 6.07) is 7.98. The molecule has 1 aliphatic heterocycles. The van der Waals surface area contributed by atoms with Crippen LogP contribution in [0.5, 0.6) is 0 Å². The summed E-state index contributed by atoms with van der Waals surface area (Å²) in [7, 11) is -3.63. The molecular weight excluding hydrogens is 483 g/mol. The minimum Gasteiger partial charge on any atom is -0.337 e. The fourth-order valence-corrected chi connectivity index (χ4v) is 5.02. The highest BCUT2D eigenvalue weighted by molar-refractivity contribution is 7.92. The summed E-state index contributed by atoms with van der Waals surface area (Å²) >= 11 is 6.58. The lowest BCUT2D eigenvalue weighted by Gasteiger charge is -2.15. The van der Waals surface area contributed by atoms with E-state index in [9.17, 15) is 17.6 Å². The first-order valence-electron chi connectivity index (χ1n) is 10.4. The highest BCUT2D eigenvalue weighted by Crippen LogP contribution is 2.33. The van der Waals surface area contributed by atoms with Gasteiger partial charge in [-0.2, -0.15) is 5.10 Å². The zero-order valence-corrected chi connectivity index (χ0v) is 19.6. The van der Waals surface area contributed by atoms with Crippen LogP contribution in [0.15, 0.2) is 48.9 Å². The number of hydrogen-bond acceptors (Lipinski definition) is 5. The Labute approximate surface area is 199 Å². The molecule has 2 N–H and O–H groups in total. The number of nitrogens with zero attached hydrogens (tertiary/aromatic N) is 4. The number of anilines is 1. The number of hydrogen-bond donors (Lipinski definition) is 2. The van der Waals surface area contributed by atoms with Gasteiger partial charge in [-0.25, -0.2) is 17.8 Å². The van der Waals surface area contributed by atoms with E-state index in [2.05, 4.69) is 19.9 Å². The maximum Gasteiger partial charge on any atom is 0.275 e. The van der Waals surface area contributed by atoms with Crippen LogP contribution in [-0.4, -0.2) is 58.2 Å². The maximum absolute atomic E-state index is 13.6. The molecule has 1 aromatic carbocycles. The van der Waals surface area contributed by atoms with Gasteiger partial charge in [-0.15, -0.1) is 0 Å². The number of carbonyl (C=O) groups is 1. The lowest BCUT2D eigenvalue weighted by Crippen LogP contribution is -2.29. The van der Waals surface area contributed by atoms with Crippen LogP contribution >= 0.6 is 11.6 Å². The maximum atomic E-state index is 13.6. The summed E-state index contributed by atoms with van der Waals surface area (Å²) in [5, 5.41) is 6.70. The highest BCUT2D eigenvalue weighted by atomic mass is 35.5. The summed E-state index contributed by atoms with van der Waals surface area (Å²) < 4.78 is 41.5. The van der Waals surface area contributed by atoms with Crippen molar-refractivity contribution in [2.45, 2.75) is 12.3 Å². The standard InChI is InChI=1S/C22H20ClFN6O3S/c1-34(32,33)28-18-8-15(16-9-25-26-10-16)12-30-20(23)19(27-21(18)30)22(31)29-6-5-14(11-29)13-3-2-4-17(24)7-13/h2-4,7-10,12,14,28H,5-6,11H2,1H3,(H,25,26). The highest BCUT2D eigenvalue weighted by Gasteiger charge is 2.31. The molecule has 1 amide bonds. The van der Waals surface area contributed by atoms with Gasteiger partial charge in [-0.05, 0) is 30.2 Å². The number of sulfonamides is 1. The molecule has 0 radical (unpaired) electrons. The molecule has 4 aromatic rings. The van der Waals surface area contributed by atoms with Crippen LogP contribution in [0.3, 0.4) is 0 Å². The molecular formula is C22H20ClFN6O3S. The Bertz CT molecular complexity index is 1500. The predicted molar refractivity (Wildman–Crippen MR) is 126 cm³/mol. The van der Waals surface area contributed by atoms with E-state index in [1.165, 1.54) is 16.5 Å². The van der Waals surface area contributed by atoms with E-state index in [4.69, 9.17) is 11.6 Å². The smallest absolute Gasteiger partial charge is 0.275 e. The summed E-state index contributed by atoms with van der Waals surface area (Å²) in [6.45, 7) is 0.875. The predicted octanol–water partition coefficient (Wildman–Crippen LogP) is 3.52. The molecule has 0 bridgehead atoms. The number of aromatic amines is 1. The molecule has 0 saturated carbocycles. The van der Waals surface area contributed by atoms with Crippen molar-refractivity contribution in [3.05, 3.63) is 71.2 Å². The van der Waals surface area contributed by atoms with E-state index < -0.39 is 10.0 Å². The number of carbonyl (C=O) groups excluding carboxylic acids is 1. The first-order chi connectivity index (χ1) is 16.2. The van der Waals surface area contributed by atoms with E-state index in [0.29, 0.717) is 30.6 Å². The zero-order chi connectivity index (χ0) is 24.0. The number of rotatable bonds is 5. The summed E-state index contributed by atoms with van der Waals surface area (Å²) in [5.74, 6) is -0.682. The van der Waals surface area contributed by atoms with Crippen molar-refractivity contribution < 1.29 is 17.6 Å². The SMILES string of the molecule is CS(=O)(=O)Nc1cc(-c2cn[nH]c2)cn2c(Cl)c(C(=O)N3CCC(c4cccc(F)c4)C3)nc12. The van der Waals surface area contributed by atoms with E-state index in [1.807, 2.05) is 6.07 Å². The van der Waals surface area contributed by atoms with Crippen LogP contribution in [0, 0.1) is 5.82 Å². The van der Waals surface area contributed by atoms with Crippen LogP contribution in [0.4, 0.5) is 10.1 Å². The minimum atomic E-state index is -3.63. The van der Waals surface area contributed by atoms with Gasteiger partial charge >= 0.3 is 0 Å². The molecule has 4 heterocycles. The van der Waals surface area contributed by atoms with Gasteiger partial charge in [0.25, 0.3) is 5.91 Å². The topological polar surface area (TPSA) is 112 Å². The quantitative estimate of drug-likeness (QED) is 0.433. The molecule has 9 nitrogen and oxygen atoms in total. The zero-order valence-electron chi connectivity index (χ0n) is 18.0. The van der Waals surface area contributed by atoms with Crippen LogP contribution in [-0.2, 0) is 10.0 Å². The molecule has 34 heavy (non-hydrogen) atoms. The largest absolute Gasteiger partial charge is 0.337 e. The van der Waals surface area contributed by atoms with Gasteiger partial charge in [0.2, 0.25) is 10.0 Å².